The van der Waals surface area contributed by atoms with Crippen molar-refractivity contribution in [2.24, 2.45) is 0 Å². The Morgan fingerprint density at radius 2 is 2.12 bits per heavy atom. The highest BCUT2D eigenvalue weighted by Gasteiger charge is 2.30. The Morgan fingerprint density at radius 3 is 2.80 bits per heavy atom. The molecule has 4 nitrogen and oxygen atoms in total. The van der Waals surface area contributed by atoms with E-state index in [-0.39, 0.29) is 17.8 Å². The summed E-state index contributed by atoms with van der Waals surface area (Å²) < 4.78 is 28.6. The van der Waals surface area contributed by atoms with Crippen LogP contribution in [0.5, 0.6) is 5.75 Å². The number of benzene rings is 1. The Kier molecular flexibility index (Phi) is 5.86. The molecular formula is C18H20F2N2O2S. The number of thiophene rings is 1. The maximum atomic E-state index is 12.4. The standard InChI is InChI=1S/C18H20F2N2O2S/c19-17(20)24-14-7-5-13(6-8-14)9-10-21-18(23)22-11-1-3-15(22)16-4-2-12-25-16/h2,4-8,12,15,17H,1,3,9-11H2,(H,21,23). The van der Waals surface area contributed by atoms with E-state index < -0.39 is 6.61 Å². The van der Waals surface area contributed by atoms with Gasteiger partial charge < -0.3 is 15.0 Å². The van der Waals surface area contributed by atoms with E-state index in [1.165, 1.54) is 17.0 Å². The van der Waals surface area contributed by atoms with Gasteiger partial charge in [-0.1, -0.05) is 18.2 Å². The lowest BCUT2D eigenvalue weighted by molar-refractivity contribution is -0.0498. The lowest BCUT2D eigenvalue weighted by Crippen LogP contribution is -2.40. The van der Waals surface area contributed by atoms with Crippen LogP contribution in [-0.4, -0.2) is 30.6 Å². The third-order valence-electron chi connectivity index (χ3n) is 4.22. The van der Waals surface area contributed by atoms with Crippen molar-refractivity contribution in [3.63, 3.8) is 0 Å². The molecule has 1 aromatic heterocycles. The Hall–Kier alpha value is -2.15. The number of rotatable bonds is 6. The summed E-state index contributed by atoms with van der Waals surface area (Å²) >= 11 is 1.68. The van der Waals surface area contributed by atoms with Gasteiger partial charge in [-0.25, -0.2) is 4.79 Å². The third kappa shape index (κ3) is 4.69. The molecule has 0 spiro atoms. The van der Waals surface area contributed by atoms with Crippen molar-refractivity contribution in [2.45, 2.75) is 31.9 Å². The zero-order chi connectivity index (χ0) is 17.6. The summed E-state index contributed by atoms with van der Waals surface area (Å²) in [5.74, 6) is 0.138. The predicted octanol–water partition coefficient (Wildman–Crippen LogP) is 4.44. The first-order chi connectivity index (χ1) is 12.1. The first kappa shape index (κ1) is 17.7. The Morgan fingerprint density at radius 1 is 1.32 bits per heavy atom. The number of urea groups is 1. The minimum Gasteiger partial charge on any atom is -0.435 e. The van der Waals surface area contributed by atoms with Crippen molar-refractivity contribution < 1.29 is 18.3 Å². The molecule has 0 aliphatic carbocycles. The number of amides is 2. The first-order valence-electron chi connectivity index (χ1n) is 8.25. The van der Waals surface area contributed by atoms with E-state index in [0.717, 1.165) is 24.9 Å². The molecular weight excluding hydrogens is 346 g/mol. The average molecular weight is 366 g/mol. The minimum atomic E-state index is -2.82. The van der Waals surface area contributed by atoms with Gasteiger partial charge in [0.1, 0.15) is 5.75 Å². The molecule has 134 valence electrons. The average Bonchev–Trinajstić information content (AvgIpc) is 3.27. The van der Waals surface area contributed by atoms with E-state index in [2.05, 4.69) is 16.1 Å². The first-order valence-corrected chi connectivity index (χ1v) is 9.13. The van der Waals surface area contributed by atoms with Crippen LogP contribution in [-0.2, 0) is 6.42 Å². The van der Waals surface area contributed by atoms with Crippen molar-refractivity contribution in [1.29, 1.82) is 0 Å². The van der Waals surface area contributed by atoms with Crippen LogP contribution < -0.4 is 10.1 Å². The molecule has 0 bridgehead atoms. The van der Waals surface area contributed by atoms with Crippen molar-refractivity contribution in [1.82, 2.24) is 10.2 Å². The largest absolute Gasteiger partial charge is 0.435 e. The maximum absolute atomic E-state index is 12.4. The van der Waals surface area contributed by atoms with Gasteiger partial charge in [0, 0.05) is 18.0 Å². The van der Waals surface area contributed by atoms with Gasteiger partial charge in [-0.3, -0.25) is 0 Å². The Bertz CT molecular complexity index is 677. The summed E-state index contributed by atoms with van der Waals surface area (Å²) in [6.45, 7) is -1.54. The maximum Gasteiger partial charge on any atom is 0.387 e. The zero-order valence-electron chi connectivity index (χ0n) is 13.7. The number of halogens is 2. The van der Waals surface area contributed by atoms with Gasteiger partial charge in [-0.2, -0.15) is 8.78 Å². The fourth-order valence-electron chi connectivity index (χ4n) is 3.04. The minimum absolute atomic E-state index is 0.0476. The topological polar surface area (TPSA) is 41.6 Å². The lowest BCUT2D eigenvalue weighted by atomic mass is 10.1. The number of alkyl halides is 2. The number of ether oxygens (including phenoxy) is 1. The molecule has 2 aromatic rings. The van der Waals surface area contributed by atoms with E-state index in [1.54, 1.807) is 23.5 Å². The monoisotopic (exact) mass is 366 g/mol. The number of hydrogen-bond donors (Lipinski definition) is 1. The summed E-state index contributed by atoms with van der Waals surface area (Å²) in [6.07, 6.45) is 2.65. The highest BCUT2D eigenvalue weighted by Crippen LogP contribution is 2.34. The smallest absolute Gasteiger partial charge is 0.387 e. The van der Waals surface area contributed by atoms with Gasteiger partial charge in [-0.05, 0) is 48.4 Å². The highest BCUT2D eigenvalue weighted by atomic mass is 32.1. The summed E-state index contributed by atoms with van der Waals surface area (Å²) in [6, 6.07) is 10.7. The van der Waals surface area contributed by atoms with Gasteiger partial charge >= 0.3 is 12.6 Å². The summed E-state index contributed by atoms with van der Waals surface area (Å²) in [5, 5.41) is 4.99. The number of likely N-dealkylation sites (tertiary alicyclic amines) is 1. The fraction of sp³-hybridized carbons (Fsp3) is 0.389. The molecule has 1 unspecified atom stereocenters. The molecule has 2 heterocycles. The summed E-state index contributed by atoms with van der Waals surface area (Å²) in [4.78, 5) is 15.6. The molecule has 7 heteroatoms. The fourth-order valence-corrected chi connectivity index (χ4v) is 3.91. The van der Waals surface area contributed by atoms with Gasteiger partial charge in [0.2, 0.25) is 0 Å². The van der Waals surface area contributed by atoms with E-state index in [0.29, 0.717) is 13.0 Å². The van der Waals surface area contributed by atoms with Crippen molar-refractivity contribution in [3.8, 4) is 5.75 Å². The van der Waals surface area contributed by atoms with Crippen LogP contribution in [0.2, 0.25) is 0 Å². The van der Waals surface area contributed by atoms with Crippen molar-refractivity contribution in [3.05, 3.63) is 52.2 Å². The second-order valence-corrected chi connectivity index (χ2v) is 6.85. The number of hydrogen-bond acceptors (Lipinski definition) is 3. The molecule has 0 radical (unpaired) electrons. The summed E-state index contributed by atoms with van der Waals surface area (Å²) in [7, 11) is 0. The number of carbonyl (C=O) groups excluding carboxylic acids is 1. The number of carbonyl (C=O) groups is 1. The van der Waals surface area contributed by atoms with Crippen molar-refractivity contribution in [2.75, 3.05) is 13.1 Å². The van der Waals surface area contributed by atoms with Gasteiger partial charge in [0.25, 0.3) is 0 Å². The summed E-state index contributed by atoms with van der Waals surface area (Å²) in [5.41, 5.74) is 0.957. The van der Waals surface area contributed by atoms with Crippen LogP contribution in [0.3, 0.4) is 0 Å². The molecule has 3 rings (SSSR count). The van der Waals surface area contributed by atoms with Gasteiger partial charge in [0.05, 0.1) is 6.04 Å². The Balaban J connectivity index is 1.47. The van der Waals surface area contributed by atoms with Crippen LogP contribution in [0.1, 0.15) is 29.3 Å². The third-order valence-corrected chi connectivity index (χ3v) is 5.20. The van der Waals surface area contributed by atoms with Crippen LogP contribution in [0.15, 0.2) is 41.8 Å². The molecule has 1 aliphatic heterocycles. The zero-order valence-corrected chi connectivity index (χ0v) is 14.5. The number of nitrogens with one attached hydrogen (secondary N) is 1. The molecule has 1 atom stereocenters. The number of nitrogens with zero attached hydrogens (tertiary/aromatic N) is 1. The van der Waals surface area contributed by atoms with E-state index in [1.807, 2.05) is 16.3 Å². The van der Waals surface area contributed by atoms with Crippen molar-refractivity contribution >= 4 is 17.4 Å². The molecule has 0 saturated carbocycles. The molecule has 25 heavy (non-hydrogen) atoms. The molecule has 1 aliphatic rings. The van der Waals surface area contributed by atoms with Gasteiger partial charge in [0.15, 0.2) is 0 Å². The van der Waals surface area contributed by atoms with Gasteiger partial charge in [-0.15, -0.1) is 11.3 Å². The second-order valence-electron chi connectivity index (χ2n) is 5.87. The van der Waals surface area contributed by atoms with E-state index >= 15 is 0 Å². The van der Waals surface area contributed by atoms with Crippen LogP contribution in [0, 0.1) is 0 Å². The van der Waals surface area contributed by atoms with Crippen LogP contribution in [0.25, 0.3) is 0 Å². The van der Waals surface area contributed by atoms with E-state index in [4.69, 9.17) is 0 Å². The Labute approximate surface area is 149 Å². The van der Waals surface area contributed by atoms with Crippen LogP contribution in [0.4, 0.5) is 13.6 Å². The second kappa shape index (κ2) is 8.29. The molecule has 2 amide bonds. The molecule has 1 N–H and O–H groups in total. The predicted molar refractivity (Wildman–Crippen MR) is 93.2 cm³/mol. The highest BCUT2D eigenvalue weighted by molar-refractivity contribution is 7.10. The molecule has 1 saturated heterocycles. The normalized spacial score (nSPS) is 17.1. The molecule has 1 aromatic carbocycles. The van der Waals surface area contributed by atoms with Crippen LogP contribution >= 0.6 is 11.3 Å². The van der Waals surface area contributed by atoms with E-state index in [9.17, 15) is 13.6 Å². The quantitative estimate of drug-likeness (QED) is 0.821. The lowest BCUT2D eigenvalue weighted by Gasteiger charge is -2.24. The SMILES string of the molecule is O=C(NCCc1ccc(OC(F)F)cc1)N1CCCC1c1cccs1. The molecule has 1 fully saturated rings.